The Labute approximate surface area is 166 Å². The van der Waals surface area contributed by atoms with Gasteiger partial charge in [0, 0.05) is 36.1 Å². The molecule has 0 aromatic heterocycles. The summed E-state index contributed by atoms with van der Waals surface area (Å²) in [5.74, 6) is 0. The van der Waals surface area contributed by atoms with Crippen molar-refractivity contribution in [3.05, 3.63) is 79.9 Å². The van der Waals surface area contributed by atoms with E-state index in [-0.39, 0.29) is 23.6 Å². The highest BCUT2D eigenvalue weighted by Gasteiger charge is 2.41. The summed E-state index contributed by atoms with van der Waals surface area (Å²) in [5.41, 5.74) is 1.22. The van der Waals surface area contributed by atoms with Gasteiger partial charge in [0.1, 0.15) is 12.2 Å². The van der Waals surface area contributed by atoms with E-state index in [4.69, 9.17) is 14.2 Å². The summed E-state index contributed by atoms with van der Waals surface area (Å²) >= 11 is 0. The lowest BCUT2D eigenvalue weighted by atomic mass is 10.0. The molecule has 0 N–H and O–H groups in total. The molecular weight excluding hydrogens is 380 g/mol. The van der Waals surface area contributed by atoms with Crippen LogP contribution in [0.15, 0.2) is 48.5 Å². The first-order valence-corrected chi connectivity index (χ1v) is 9.36. The van der Waals surface area contributed by atoms with Crippen molar-refractivity contribution >= 4 is 11.4 Å². The van der Waals surface area contributed by atoms with Crippen LogP contribution >= 0.6 is 0 Å². The Balaban J connectivity index is 1.53. The van der Waals surface area contributed by atoms with Crippen LogP contribution in [0.4, 0.5) is 11.4 Å². The summed E-state index contributed by atoms with van der Waals surface area (Å²) in [7, 11) is 0. The lowest BCUT2D eigenvalue weighted by molar-refractivity contribution is -0.385. The molecule has 29 heavy (non-hydrogen) atoms. The van der Waals surface area contributed by atoms with Crippen molar-refractivity contribution in [3.8, 4) is 0 Å². The van der Waals surface area contributed by atoms with Gasteiger partial charge in [0.05, 0.1) is 35.3 Å². The van der Waals surface area contributed by atoms with E-state index >= 15 is 0 Å². The summed E-state index contributed by atoms with van der Waals surface area (Å²) in [6.07, 6.45) is -0.450. The van der Waals surface area contributed by atoms with Gasteiger partial charge in [0.25, 0.3) is 11.4 Å². The summed E-state index contributed by atoms with van der Waals surface area (Å²) in [6, 6.07) is 13.1. The van der Waals surface area contributed by atoms with E-state index in [2.05, 4.69) is 0 Å². The molecule has 0 saturated carbocycles. The number of ether oxygens (including phenoxy) is 3. The second kappa shape index (κ2) is 8.24. The maximum absolute atomic E-state index is 11.3. The highest BCUT2D eigenvalue weighted by molar-refractivity contribution is 5.41. The molecule has 2 saturated heterocycles. The van der Waals surface area contributed by atoms with E-state index in [0.29, 0.717) is 37.2 Å². The van der Waals surface area contributed by atoms with E-state index in [9.17, 15) is 20.2 Å². The van der Waals surface area contributed by atoms with Crippen LogP contribution in [-0.2, 0) is 27.1 Å². The predicted molar refractivity (Wildman–Crippen MR) is 102 cm³/mol. The van der Waals surface area contributed by atoms with Crippen LogP contribution in [0.25, 0.3) is 0 Å². The normalized spacial score (nSPS) is 21.9. The topological polar surface area (TPSA) is 121 Å². The van der Waals surface area contributed by atoms with Crippen molar-refractivity contribution in [3.63, 3.8) is 0 Å². The van der Waals surface area contributed by atoms with Crippen LogP contribution in [0.1, 0.15) is 11.1 Å². The third-order valence-electron chi connectivity index (χ3n) is 5.12. The number of nitro benzene ring substituents is 2. The molecule has 0 radical (unpaired) electrons. The van der Waals surface area contributed by atoms with Gasteiger partial charge < -0.3 is 14.2 Å². The minimum absolute atomic E-state index is 0.0414. The van der Waals surface area contributed by atoms with E-state index in [0.717, 1.165) is 0 Å². The fourth-order valence-corrected chi connectivity index (χ4v) is 3.46. The predicted octanol–water partition coefficient (Wildman–Crippen LogP) is 2.84. The molecule has 2 aromatic carbocycles. The molecule has 2 aromatic rings. The number of nitrogens with zero attached hydrogens (tertiary/aromatic N) is 2. The van der Waals surface area contributed by atoms with Crippen molar-refractivity contribution in [1.82, 2.24) is 0 Å². The number of rotatable bonds is 10. The molecule has 4 atom stereocenters. The minimum atomic E-state index is -0.408. The molecule has 0 spiro atoms. The molecule has 2 aliphatic heterocycles. The van der Waals surface area contributed by atoms with Gasteiger partial charge in [-0.05, 0) is 0 Å². The Hall–Kier alpha value is -2.88. The number of hydrogen-bond donors (Lipinski definition) is 0. The van der Waals surface area contributed by atoms with Crippen molar-refractivity contribution in [2.75, 3.05) is 13.2 Å². The van der Waals surface area contributed by atoms with Crippen molar-refractivity contribution in [2.45, 2.75) is 37.3 Å². The molecule has 4 rings (SSSR count). The summed E-state index contributed by atoms with van der Waals surface area (Å²) < 4.78 is 17.1. The van der Waals surface area contributed by atoms with Crippen LogP contribution in [0, 0.1) is 20.2 Å². The fraction of sp³-hybridized carbons (Fsp3) is 0.400. The molecule has 9 nitrogen and oxygen atoms in total. The molecule has 152 valence electrons. The summed E-state index contributed by atoms with van der Waals surface area (Å²) in [6.45, 7) is 1.05. The van der Waals surface area contributed by atoms with Crippen LogP contribution in [0.2, 0.25) is 0 Å². The first-order chi connectivity index (χ1) is 14.0. The first kappa shape index (κ1) is 19.4. The SMILES string of the molecule is O=[N+]([O-])c1ccccc1CC(OC(Cc1ccccc1[N+](=O)[O-])C1CO1)C1CO1. The van der Waals surface area contributed by atoms with Gasteiger partial charge in [-0.3, -0.25) is 20.2 Å². The first-order valence-electron chi connectivity index (χ1n) is 9.36. The van der Waals surface area contributed by atoms with Gasteiger partial charge >= 0.3 is 0 Å². The van der Waals surface area contributed by atoms with E-state index in [1.807, 2.05) is 0 Å². The third-order valence-corrected chi connectivity index (χ3v) is 5.12. The van der Waals surface area contributed by atoms with Gasteiger partial charge in [-0.2, -0.15) is 0 Å². The summed E-state index contributed by atoms with van der Waals surface area (Å²) in [5, 5.41) is 22.6. The highest BCUT2D eigenvalue weighted by Crippen LogP contribution is 2.31. The fourth-order valence-electron chi connectivity index (χ4n) is 3.46. The standard InChI is InChI=1S/C20H20N2O7/c23-21(24)15-7-3-1-5-13(15)9-17(19-11-27-19)29-18(20-12-28-20)10-14-6-2-4-8-16(14)22(25)26/h1-8,17-20H,9-12H2. The highest BCUT2D eigenvalue weighted by atomic mass is 16.6. The molecule has 0 bridgehead atoms. The molecule has 9 heteroatoms. The van der Waals surface area contributed by atoms with Crippen LogP contribution in [-0.4, -0.2) is 47.5 Å². The largest absolute Gasteiger partial charge is 0.370 e. The van der Waals surface area contributed by atoms with E-state index in [1.165, 1.54) is 12.1 Å². The maximum Gasteiger partial charge on any atom is 0.272 e. The average Bonchev–Trinajstić information content (AvgIpc) is 3.60. The molecular formula is C20H20N2O7. The lowest BCUT2D eigenvalue weighted by Crippen LogP contribution is -2.33. The number of para-hydroxylation sites is 2. The third kappa shape index (κ3) is 4.76. The van der Waals surface area contributed by atoms with Crippen LogP contribution in [0.5, 0.6) is 0 Å². The zero-order valence-corrected chi connectivity index (χ0v) is 15.5. The zero-order valence-electron chi connectivity index (χ0n) is 15.5. The minimum Gasteiger partial charge on any atom is -0.370 e. The quantitative estimate of drug-likeness (QED) is 0.341. The molecule has 0 amide bonds. The molecule has 2 fully saturated rings. The maximum atomic E-state index is 11.3. The smallest absolute Gasteiger partial charge is 0.272 e. The van der Waals surface area contributed by atoms with Gasteiger partial charge in [-0.25, -0.2) is 0 Å². The Kier molecular flexibility index (Phi) is 5.52. The number of nitro groups is 2. The average molecular weight is 400 g/mol. The number of epoxide rings is 2. The number of hydrogen-bond acceptors (Lipinski definition) is 7. The summed E-state index contributed by atoms with van der Waals surface area (Å²) in [4.78, 5) is 21.8. The Morgan fingerprint density at radius 3 is 1.55 bits per heavy atom. The Bertz CT molecular complexity index is 838. The van der Waals surface area contributed by atoms with Crippen molar-refractivity contribution < 1.29 is 24.1 Å². The zero-order chi connectivity index (χ0) is 20.4. The second-order valence-corrected chi connectivity index (χ2v) is 7.14. The van der Waals surface area contributed by atoms with Gasteiger partial charge in [-0.15, -0.1) is 0 Å². The van der Waals surface area contributed by atoms with Gasteiger partial charge in [0.2, 0.25) is 0 Å². The Morgan fingerprint density at radius 1 is 0.828 bits per heavy atom. The van der Waals surface area contributed by atoms with Crippen LogP contribution in [0.3, 0.4) is 0 Å². The lowest BCUT2D eigenvalue weighted by Gasteiger charge is -2.23. The monoisotopic (exact) mass is 400 g/mol. The molecule has 2 heterocycles. The van der Waals surface area contributed by atoms with Crippen LogP contribution < -0.4 is 0 Å². The van der Waals surface area contributed by atoms with Crippen molar-refractivity contribution in [1.29, 1.82) is 0 Å². The Morgan fingerprint density at radius 2 is 1.21 bits per heavy atom. The van der Waals surface area contributed by atoms with Gasteiger partial charge in [-0.1, -0.05) is 36.4 Å². The second-order valence-electron chi connectivity index (χ2n) is 7.14. The van der Waals surface area contributed by atoms with Gasteiger partial charge in [0.15, 0.2) is 0 Å². The number of benzene rings is 2. The molecule has 2 aliphatic rings. The van der Waals surface area contributed by atoms with E-state index in [1.54, 1.807) is 36.4 Å². The van der Waals surface area contributed by atoms with Crippen molar-refractivity contribution in [2.24, 2.45) is 0 Å². The molecule has 0 aliphatic carbocycles. The van der Waals surface area contributed by atoms with E-state index < -0.39 is 22.1 Å². The molecule has 4 unspecified atom stereocenters.